The van der Waals surface area contributed by atoms with Gasteiger partial charge in [0.15, 0.2) is 0 Å². The van der Waals surface area contributed by atoms with Crippen LogP contribution in [0.1, 0.15) is 39.2 Å². The van der Waals surface area contributed by atoms with Crippen LogP contribution >= 0.6 is 22.6 Å². The van der Waals surface area contributed by atoms with Crippen LogP contribution in [0.25, 0.3) is 0 Å². The second-order valence-corrected chi connectivity index (χ2v) is 7.32. The largest absolute Gasteiger partial charge is 0.490 e. The van der Waals surface area contributed by atoms with Crippen molar-refractivity contribution in [2.75, 3.05) is 13.1 Å². The Bertz CT molecular complexity index is 488. The molecule has 1 heterocycles. The van der Waals surface area contributed by atoms with Crippen LogP contribution in [0.15, 0.2) is 24.3 Å². The Labute approximate surface area is 146 Å². The Morgan fingerprint density at radius 1 is 1.23 bits per heavy atom. The van der Waals surface area contributed by atoms with Gasteiger partial charge in [-0.25, -0.2) is 4.79 Å². The van der Waals surface area contributed by atoms with Crippen LogP contribution < -0.4 is 4.74 Å². The van der Waals surface area contributed by atoms with Crippen LogP contribution in [0.4, 0.5) is 4.79 Å². The third-order valence-corrected chi connectivity index (χ3v) is 4.35. The molecular formula is C17H24INO3. The van der Waals surface area contributed by atoms with Gasteiger partial charge in [0.05, 0.1) is 0 Å². The molecule has 0 aliphatic carbocycles. The van der Waals surface area contributed by atoms with Crippen molar-refractivity contribution in [3.8, 4) is 5.75 Å². The number of hydrogen-bond donors (Lipinski definition) is 0. The molecule has 0 saturated carbocycles. The summed E-state index contributed by atoms with van der Waals surface area (Å²) in [6, 6.07) is 8.23. The summed E-state index contributed by atoms with van der Waals surface area (Å²) in [7, 11) is 0. The SMILES string of the molecule is CC(C)(C)OC(=O)N1CCC(Oc2ccc(CI)cc2)CC1. The number of alkyl halides is 1. The lowest BCUT2D eigenvalue weighted by Gasteiger charge is -2.33. The molecule has 122 valence electrons. The second kappa shape index (κ2) is 7.53. The number of piperidine rings is 1. The van der Waals surface area contributed by atoms with E-state index in [-0.39, 0.29) is 12.2 Å². The van der Waals surface area contributed by atoms with Gasteiger partial charge in [-0.05, 0) is 38.5 Å². The van der Waals surface area contributed by atoms with E-state index < -0.39 is 5.60 Å². The number of hydrogen-bond acceptors (Lipinski definition) is 3. The normalized spacial score (nSPS) is 16.5. The monoisotopic (exact) mass is 417 g/mol. The Hall–Kier alpha value is -0.980. The topological polar surface area (TPSA) is 38.8 Å². The first kappa shape index (κ1) is 17.4. The summed E-state index contributed by atoms with van der Waals surface area (Å²) in [5, 5.41) is 0. The van der Waals surface area contributed by atoms with Crippen LogP contribution in [0.2, 0.25) is 0 Å². The maximum atomic E-state index is 12.0. The molecule has 0 N–H and O–H groups in total. The zero-order chi connectivity index (χ0) is 16.2. The summed E-state index contributed by atoms with van der Waals surface area (Å²) in [6.07, 6.45) is 1.63. The minimum atomic E-state index is -0.440. The molecule has 2 rings (SSSR count). The molecule has 0 bridgehead atoms. The molecule has 0 unspecified atom stereocenters. The zero-order valence-corrected chi connectivity index (χ0v) is 15.6. The highest BCUT2D eigenvalue weighted by Crippen LogP contribution is 2.21. The van der Waals surface area contributed by atoms with E-state index in [9.17, 15) is 4.79 Å². The number of ether oxygens (including phenoxy) is 2. The zero-order valence-electron chi connectivity index (χ0n) is 13.5. The van der Waals surface area contributed by atoms with Gasteiger partial charge < -0.3 is 14.4 Å². The van der Waals surface area contributed by atoms with E-state index in [0.717, 1.165) is 23.0 Å². The van der Waals surface area contributed by atoms with Crippen molar-refractivity contribution in [1.29, 1.82) is 0 Å². The van der Waals surface area contributed by atoms with Gasteiger partial charge in [-0.1, -0.05) is 34.7 Å². The number of amides is 1. The Kier molecular flexibility index (Phi) is 5.94. The Morgan fingerprint density at radius 2 is 1.82 bits per heavy atom. The van der Waals surface area contributed by atoms with Crippen molar-refractivity contribution in [3.05, 3.63) is 29.8 Å². The average Bonchev–Trinajstić information content (AvgIpc) is 2.47. The number of rotatable bonds is 3. The molecule has 5 heteroatoms. The summed E-state index contributed by atoms with van der Waals surface area (Å²) in [5.41, 5.74) is 0.859. The van der Waals surface area contributed by atoms with Crippen LogP contribution in [0, 0.1) is 0 Å². The summed E-state index contributed by atoms with van der Waals surface area (Å²) < 4.78 is 12.4. The minimum Gasteiger partial charge on any atom is -0.490 e. The third-order valence-electron chi connectivity index (χ3n) is 3.47. The fraction of sp³-hybridized carbons (Fsp3) is 0.588. The van der Waals surface area contributed by atoms with E-state index >= 15 is 0 Å². The molecule has 1 aromatic rings. The van der Waals surface area contributed by atoms with Crippen LogP contribution in [-0.4, -0.2) is 35.8 Å². The molecular weight excluding hydrogens is 393 g/mol. The van der Waals surface area contributed by atoms with Gasteiger partial charge in [0.1, 0.15) is 17.5 Å². The Balaban J connectivity index is 1.80. The van der Waals surface area contributed by atoms with Crippen LogP contribution in [0.3, 0.4) is 0 Å². The summed E-state index contributed by atoms with van der Waals surface area (Å²) in [6.45, 7) is 7.04. The number of likely N-dealkylation sites (tertiary alicyclic amines) is 1. The molecule has 1 aromatic carbocycles. The molecule has 1 aliphatic heterocycles. The lowest BCUT2D eigenvalue weighted by molar-refractivity contribution is 0.0126. The highest BCUT2D eigenvalue weighted by atomic mass is 127. The summed E-state index contributed by atoms with van der Waals surface area (Å²) in [5.74, 6) is 0.907. The predicted molar refractivity (Wildman–Crippen MR) is 95.6 cm³/mol. The van der Waals surface area contributed by atoms with Crippen molar-refractivity contribution in [2.24, 2.45) is 0 Å². The van der Waals surface area contributed by atoms with E-state index in [1.165, 1.54) is 5.56 Å². The molecule has 0 aromatic heterocycles. The van der Waals surface area contributed by atoms with Gasteiger partial charge in [-0.3, -0.25) is 0 Å². The van der Waals surface area contributed by atoms with Gasteiger partial charge in [-0.15, -0.1) is 0 Å². The van der Waals surface area contributed by atoms with Crippen molar-refractivity contribution in [1.82, 2.24) is 4.90 Å². The number of nitrogens with zero attached hydrogens (tertiary/aromatic N) is 1. The molecule has 0 radical (unpaired) electrons. The smallest absolute Gasteiger partial charge is 0.410 e. The molecule has 1 aliphatic rings. The maximum absolute atomic E-state index is 12.0. The lowest BCUT2D eigenvalue weighted by atomic mass is 10.1. The first-order chi connectivity index (χ1) is 10.4. The van der Waals surface area contributed by atoms with Crippen molar-refractivity contribution >= 4 is 28.7 Å². The fourth-order valence-corrected chi connectivity index (χ4v) is 2.84. The minimum absolute atomic E-state index is 0.170. The van der Waals surface area contributed by atoms with Gasteiger partial charge in [0.25, 0.3) is 0 Å². The van der Waals surface area contributed by atoms with E-state index in [0.29, 0.717) is 13.1 Å². The number of carbonyl (C=O) groups excluding carboxylic acids is 1. The highest BCUT2D eigenvalue weighted by Gasteiger charge is 2.27. The third kappa shape index (κ3) is 5.34. The van der Waals surface area contributed by atoms with E-state index in [2.05, 4.69) is 34.7 Å². The lowest BCUT2D eigenvalue weighted by Crippen LogP contribution is -2.44. The molecule has 1 fully saturated rings. The second-order valence-electron chi connectivity index (χ2n) is 6.56. The first-order valence-corrected chi connectivity index (χ1v) is 9.19. The van der Waals surface area contributed by atoms with E-state index in [1.807, 2.05) is 32.9 Å². The van der Waals surface area contributed by atoms with Crippen LogP contribution in [-0.2, 0) is 9.16 Å². The predicted octanol–water partition coefficient (Wildman–Crippen LogP) is 4.40. The first-order valence-electron chi connectivity index (χ1n) is 7.67. The van der Waals surface area contributed by atoms with E-state index in [1.54, 1.807) is 4.90 Å². The van der Waals surface area contributed by atoms with Gasteiger partial charge >= 0.3 is 6.09 Å². The van der Waals surface area contributed by atoms with Crippen molar-refractivity contribution in [2.45, 2.75) is 49.7 Å². The van der Waals surface area contributed by atoms with Gasteiger partial charge in [-0.2, -0.15) is 0 Å². The van der Waals surface area contributed by atoms with Crippen molar-refractivity contribution in [3.63, 3.8) is 0 Å². The molecule has 1 saturated heterocycles. The maximum Gasteiger partial charge on any atom is 0.410 e. The summed E-state index contributed by atoms with van der Waals surface area (Å²) >= 11 is 2.35. The van der Waals surface area contributed by atoms with Gasteiger partial charge in [0.2, 0.25) is 0 Å². The molecule has 0 atom stereocenters. The van der Waals surface area contributed by atoms with Gasteiger partial charge in [0, 0.05) is 30.4 Å². The number of carbonyl (C=O) groups is 1. The van der Waals surface area contributed by atoms with E-state index in [4.69, 9.17) is 9.47 Å². The average molecular weight is 417 g/mol. The molecule has 22 heavy (non-hydrogen) atoms. The molecule has 4 nitrogen and oxygen atoms in total. The standard InChI is InChI=1S/C17H24INO3/c1-17(2,3)22-16(20)19-10-8-15(9-11-19)21-14-6-4-13(12-18)5-7-14/h4-7,15H,8-12H2,1-3H3. The quantitative estimate of drug-likeness (QED) is 0.541. The van der Waals surface area contributed by atoms with Crippen molar-refractivity contribution < 1.29 is 14.3 Å². The van der Waals surface area contributed by atoms with Crippen LogP contribution in [0.5, 0.6) is 5.75 Å². The Morgan fingerprint density at radius 3 is 2.32 bits per heavy atom. The number of benzene rings is 1. The number of halogens is 1. The fourth-order valence-electron chi connectivity index (χ4n) is 2.33. The summed E-state index contributed by atoms with van der Waals surface area (Å²) in [4.78, 5) is 13.8. The molecule has 0 spiro atoms. The molecule has 1 amide bonds. The highest BCUT2D eigenvalue weighted by molar-refractivity contribution is 14.1.